The van der Waals surface area contributed by atoms with Gasteiger partial charge in [-0.15, -0.1) is 45.3 Å². The summed E-state index contributed by atoms with van der Waals surface area (Å²) in [6.45, 7) is 4.57. The number of hydrogen-bond donors (Lipinski definition) is 0. The van der Waals surface area contributed by atoms with Gasteiger partial charge in [0, 0.05) is 0 Å². The standard InChI is InChI=1S/C24H28Br2S4/c1-3-5-7-9-11-15-13-27-21-17(25)23(29-19(15)21)24-18(26)22-20(30-24)16(14-28-22)12-10-8-6-4-2/h13-14H,3-12H2,1-2H3. The Bertz CT molecular complexity index is 1020. The average Bonchev–Trinajstić information content (AvgIpc) is 3.47. The highest BCUT2D eigenvalue weighted by Gasteiger charge is 2.22. The van der Waals surface area contributed by atoms with E-state index >= 15 is 0 Å². The molecule has 4 heterocycles. The molecular formula is C24H28Br2S4. The summed E-state index contributed by atoms with van der Waals surface area (Å²) in [6, 6.07) is 0. The van der Waals surface area contributed by atoms with Crippen molar-refractivity contribution < 1.29 is 0 Å². The molecule has 0 aromatic carbocycles. The van der Waals surface area contributed by atoms with Crippen molar-refractivity contribution in [2.45, 2.75) is 78.1 Å². The summed E-state index contributed by atoms with van der Waals surface area (Å²) in [4.78, 5) is 2.81. The van der Waals surface area contributed by atoms with Gasteiger partial charge < -0.3 is 0 Å². The molecule has 0 nitrogen and oxygen atoms in total. The molecule has 0 radical (unpaired) electrons. The fraction of sp³-hybridized carbons (Fsp3) is 0.500. The maximum atomic E-state index is 3.96. The molecule has 30 heavy (non-hydrogen) atoms. The van der Waals surface area contributed by atoms with Gasteiger partial charge in [-0.25, -0.2) is 0 Å². The first-order valence-electron chi connectivity index (χ1n) is 11.0. The molecule has 0 atom stereocenters. The zero-order valence-corrected chi connectivity index (χ0v) is 24.1. The molecule has 0 spiro atoms. The van der Waals surface area contributed by atoms with Crippen LogP contribution < -0.4 is 0 Å². The number of unbranched alkanes of at least 4 members (excludes halogenated alkanes) is 6. The summed E-state index contributed by atoms with van der Waals surface area (Å²) in [5.74, 6) is 0. The highest BCUT2D eigenvalue weighted by Crippen LogP contribution is 2.53. The normalized spacial score (nSPS) is 12.0. The molecule has 162 valence electrons. The second-order valence-corrected chi connectivity index (χ2v) is 13.3. The lowest BCUT2D eigenvalue weighted by atomic mass is 10.1. The summed E-state index contributed by atoms with van der Waals surface area (Å²) in [5, 5.41) is 4.77. The van der Waals surface area contributed by atoms with Crippen LogP contribution >= 0.6 is 77.2 Å². The molecular weight excluding hydrogens is 576 g/mol. The quantitative estimate of drug-likeness (QED) is 0.149. The summed E-state index contributed by atoms with van der Waals surface area (Å²) < 4.78 is 8.47. The minimum absolute atomic E-state index is 1.22. The SMILES string of the molecule is CCCCCCc1csc2c(Br)c(-c3sc4c(CCCCCC)csc4c3Br)sc12. The van der Waals surface area contributed by atoms with E-state index < -0.39 is 0 Å². The van der Waals surface area contributed by atoms with Crippen LogP contribution in [0.25, 0.3) is 28.6 Å². The predicted molar refractivity (Wildman–Crippen MR) is 149 cm³/mol. The van der Waals surface area contributed by atoms with Gasteiger partial charge in [0.15, 0.2) is 0 Å². The molecule has 0 saturated heterocycles. The second kappa shape index (κ2) is 10.9. The smallest absolute Gasteiger partial charge is 0.0618 e. The predicted octanol–water partition coefficient (Wildman–Crippen LogP) is 11.7. The second-order valence-electron chi connectivity index (χ2n) is 7.95. The third-order valence-corrected chi connectivity index (χ3v) is 13.3. The molecule has 0 N–H and O–H groups in total. The van der Waals surface area contributed by atoms with Gasteiger partial charge in [-0.2, -0.15) is 0 Å². The molecule has 0 amide bonds. The van der Waals surface area contributed by atoms with Gasteiger partial charge in [0.2, 0.25) is 0 Å². The number of thiophene rings is 4. The lowest BCUT2D eigenvalue weighted by Crippen LogP contribution is -1.82. The van der Waals surface area contributed by atoms with Crippen molar-refractivity contribution in [1.29, 1.82) is 0 Å². The summed E-state index contributed by atoms with van der Waals surface area (Å²) in [5.41, 5.74) is 3.10. The molecule has 4 aromatic heterocycles. The Kier molecular flexibility index (Phi) is 8.54. The van der Waals surface area contributed by atoms with E-state index in [1.54, 1.807) is 11.1 Å². The lowest BCUT2D eigenvalue weighted by Gasteiger charge is -1.99. The Morgan fingerprint density at radius 2 is 1.03 bits per heavy atom. The van der Waals surface area contributed by atoms with Crippen LogP contribution in [0.2, 0.25) is 0 Å². The minimum Gasteiger partial charge on any atom is -0.141 e. The van der Waals surface area contributed by atoms with Crippen LogP contribution in [-0.2, 0) is 12.8 Å². The first kappa shape index (κ1) is 23.4. The monoisotopic (exact) mass is 602 g/mol. The van der Waals surface area contributed by atoms with Crippen LogP contribution in [0.5, 0.6) is 0 Å². The zero-order chi connectivity index (χ0) is 21.1. The van der Waals surface area contributed by atoms with Crippen LogP contribution in [0.1, 0.15) is 76.3 Å². The van der Waals surface area contributed by atoms with Crippen molar-refractivity contribution >= 4 is 96.0 Å². The molecule has 0 aliphatic carbocycles. The molecule has 6 heteroatoms. The third kappa shape index (κ3) is 4.79. The zero-order valence-electron chi connectivity index (χ0n) is 17.6. The van der Waals surface area contributed by atoms with Gasteiger partial charge in [0.1, 0.15) is 0 Å². The maximum absolute atomic E-state index is 3.96. The topological polar surface area (TPSA) is 0 Å². The third-order valence-electron chi connectivity index (χ3n) is 5.65. The molecule has 0 unspecified atom stereocenters. The van der Waals surface area contributed by atoms with Crippen molar-refractivity contribution in [3.8, 4) is 9.75 Å². The van der Waals surface area contributed by atoms with E-state index in [2.05, 4.69) is 56.5 Å². The highest BCUT2D eigenvalue weighted by molar-refractivity contribution is 9.11. The van der Waals surface area contributed by atoms with Crippen LogP contribution in [0, 0.1) is 0 Å². The van der Waals surface area contributed by atoms with Crippen molar-refractivity contribution in [3.05, 3.63) is 30.8 Å². The highest BCUT2D eigenvalue weighted by atomic mass is 79.9. The van der Waals surface area contributed by atoms with E-state index in [1.807, 2.05) is 45.3 Å². The molecule has 4 rings (SSSR count). The summed E-state index contributed by atoms with van der Waals surface area (Å²) in [6.07, 6.45) is 13.1. The Morgan fingerprint density at radius 3 is 1.43 bits per heavy atom. The lowest BCUT2D eigenvalue weighted by molar-refractivity contribution is 0.669. The fourth-order valence-electron chi connectivity index (χ4n) is 3.91. The molecule has 0 saturated carbocycles. The largest absolute Gasteiger partial charge is 0.141 e. The number of hydrogen-bond acceptors (Lipinski definition) is 4. The minimum atomic E-state index is 1.22. The van der Waals surface area contributed by atoms with Gasteiger partial charge in [-0.3, -0.25) is 0 Å². The number of fused-ring (bicyclic) bond motifs is 2. The maximum Gasteiger partial charge on any atom is 0.0618 e. The van der Waals surface area contributed by atoms with E-state index in [0.29, 0.717) is 0 Å². The summed E-state index contributed by atoms with van der Waals surface area (Å²) in [7, 11) is 0. The molecule has 0 bridgehead atoms. The van der Waals surface area contributed by atoms with Crippen LogP contribution in [-0.4, -0.2) is 0 Å². The number of rotatable bonds is 11. The van der Waals surface area contributed by atoms with E-state index in [9.17, 15) is 0 Å². The molecule has 0 aliphatic heterocycles. The van der Waals surface area contributed by atoms with Crippen molar-refractivity contribution in [1.82, 2.24) is 0 Å². The van der Waals surface area contributed by atoms with Gasteiger partial charge in [0.25, 0.3) is 0 Å². The van der Waals surface area contributed by atoms with E-state index in [0.717, 1.165) is 0 Å². The number of halogens is 2. The fourth-order valence-corrected chi connectivity index (χ4v) is 11.4. The summed E-state index contributed by atoms with van der Waals surface area (Å²) >= 11 is 15.7. The molecule has 0 fully saturated rings. The number of aryl methyl sites for hydroxylation is 2. The van der Waals surface area contributed by atoms with Crippen molar-refractivity contribution in [3.63, 3.8) is 0 Å². The molecule has 4 aromatic rings. The Balaban J connectivity index is 1.61. The van der Waals surface area contributed by atoms with Gasteiger partial charge in [-0.1, -0.05) is 52.4 Å². The first-order valence-corrected chi connectivity index (χ1v) is 16.0. The molecule has 0 aliphatic rings. The van der Waals surface area contributed by atoms with Gasteiger partial charge >= 0.3 is 0 Å². The first-order chi connectivity index (χ1) is 14.7. The van der Waals surface area contributed by atoms with Gasteiger partial charge in [-0.05, 0) is 79.4 Å². The van der Waals surface area contributed by atoms with Gasteiger partial charge in [0.05, 0.1) is 37.5 Å². The van der Waals surface area contributed by atoms with Crippen LogP contribution in [0.3, 0.4) is 0 Å². The van der Waals surface area contributed by atoms with Crippen LogP contribution in [0.15, 0.2) is 19.7 Å². The van der Waals surface area contributed by atoms with Crippen molar-refractivity contribution in [2.24, 2.45) is 0 Å². The van der Waals surface area contributed by atoms with E-state index in [-0.39, 0.29) is 0 Å². The van der Waals surface area contributed by atoms with Crippen molar-refractivity contribution in [2.75, 3.05) is 0 Å². The Labute approximate surface area is 213 Å². The van der Waals surface area contributed by atoms with E-state index in [4.69, 9.17) is 0 Å². The Hall–Kier alpha value is 0.280. The van der Waals surface area contributed by atoms with E-state index in [1.165, 1.54) is 102 Å². The average molecular weight is 605 g/mol. The van der Waals surface area contributed by atoms with Crippen LogP contribution in [0.4, 0.5) is 0 Å². The Morgan fingerprint density at radius 1 is 0.600 bits per heavy atom.